The van der Waals surface area contributed by atoms with Gasteiger partial charge in [-0.2, -0.15) is 5.10 Å². The summed E-state index contributed by atoms with van der Waals surface area (Å²) >= 11 is 6.29. The number of ketones is 1. The second-order valence-electron chi connectivity index (χ2n) is 6.01. The Morgan fingerprint density at radius 1 is 1.29 bits per heavy atom. The molecule has 2 rings (SSSR count). The first-order valence-corrected chi connectivity index (χ1v) is 8.30. The van der Waals surface area contributed by atoms with Crippen molar-refractivity contribution < 1.29 is 4.79 Å². The lowest BCUT2D eigenvalue weighted by atomic mass is 9.83. The molecule has 21 heavy (non-hydrogen) atoms. The van der Waals surface area contributed by atoms with Gasteiger partial charge in [0.25, 0.3) is 0 Å². The molecule has 1 aromatic rings. The number of nitrogens with zero attached hydrogens (tertiary/aromatic N) is 3. The highest BCUT2D eigenvalue weighted by molar-refractivity contribution is 6.30. The third-order valence-corrected chi connectivity index (χ3v) is 5.48. The molecule has 1 aromatic heterocycles. The first-order chi connectivity index (χ1) is 9.96. The summed E-state index contributed by atoms with van der Waals surface area (Å²) in [5.41, 5.74) is 1.41. The maximum atomic E-state index is 13.1. The largest absolute Gasteiger partial charge is 0.297 e. The van der Waals surface area contributed by atoms with Gasteiger partial charge in [-0.3, -0.25) is 14.4 Å². The number of halogens is 1. The van der Waals surface area contributed by atoms with Crippen molar-refractivity contribution >= 4 is 17.4 Å². The van der Waals surface area contributed by atoms with E-state index in [2.05, 4.69) is 23.8 Å². The van der Waals surface area contributed by atoms with Gasteiger partial charge in [-0.25, -0.2) is 0 Å². The molecule has 0 saturated carbocycles. The highest BCUT2D eigenvalue weighted by Gasteiger charge is 2.41. The first-order valence-electron chi connectivity index (χ1n) is 7.92. The number of carbonyl (C=O) groups is 1. The molecule has 5 heteroatoms. The van der Waals surface area contributed by atoms with Gasteiger partial charge >= 0.3 is 0 Å². The Labute approximate surface area is 132 Å². The van der Waals surface area contributed by atoms with E-state index in [0.717, 1.165) is 37.2 Å². The van der Waals surface area contributed by atoms with Crippen molar-refractivity contribution in [3.63, 3.8) is 0 Å². The number of hydrogen-bond acceptors (Lipinski definition) is 3. The Hall–Kier alpha value is -0.870. The molecule has 0 N–H and O–H groups in total. The fourth-order valence-electron chi connectivity index (χ4n) is 3.61. The summed E-state index contributed by atoms with van der Waals surface area (Å²) in [7, 11) is 1.82. The number of rotatable bonds is 6. The fraction of sp³-hybridized carbons (Fsp3) is 0.750. The predicted molar refractivity (Wildman–Crippen MR) is 85.8 cm³/mol. The third kappa shape index (κ3) is 2.88. The standard InChI is InChI=1S/C16H26ClN3O/c1-5-16(6-2,20-9-7-8-10-20)14(21)11-13-12(3)18-19(4)15(13)17/h5-11H2,1-4H3. The Balaban J connectivity index is 2.26. The monoisotopic (exact) mass is 311 g/mol. The van der Waals surface area contributed by atoms with E-state index in [0.29, 0.717) is 11.6 Å². The van der Waals surface area contributed by atoms with Crippen LogP contribution >= 0.6 is 11.6 Å². The van der Waals surface area contributed by atoms with Crippen LogP contribution in [-0.4, -0.2) is 39.1 Å². The summed E-state index contributed by atoms with van der Waals surface area (Å²) < 4.78 is 1.65. The molecular weight excluding hydrogens is 286 g/mol. The Morgan fingerprint density at radius 3 is 2.29 bits per heavy atom. The van der Waals surface area contributed by atoms with E-state index in [-0.39, 0.29) is 11.3 Å². The minimum atomic E-state index is -0.331. The third-order valence-electron chi connectivity index (χ3n) is 5.01. The minimum Gasteiger partial charge on any atom is -0.297 e. The summed E-state index contributed by atoms with van der Waals surface area (Å²) in [4.78, 5) is 15.4. The summed E-state index contributed by atoms with van der Waals surface area (Å²) in [6, 6.07) is 0. The number of likely N-dealkylation sites (tertiary alicyclic amines) is 1. The molecule has 1 saturated heterocycles. The van der Waals surface area contributed by atoms with Crippen LogP contribution < -0.4 is 0 Å². The Bertz CT molecular complexity index is 514. The van der Waals surface area contributed by atoms with Crippen LogP contribution in [-0.2, 0) is 18.3 Å². The van der Waals surface area contributed by atoms with E-state index in [1.165, 1.54) is 12.8 Å². The van der Waals surface area contributed by atoms with Gasteiger partial charge < -0.3 is 0 Å². The minimum absolute atomic E-state index is 0.285. The van der Waals surface area contributed by atoms with Gasteiger partial charge in [0.1, 0.15) is 5.15 Å². The van der Waals surface area contributed by atoms with E-state index in [1.807, 2.05) is 14.0 Å². The molecule has 0 aromatic carbocycles. The molecule has 0 spiro atoms. The fourth-order valence-corrected chi connectivity index (χ4v) is 3.85. The van der Waals surface area contributed by atoms with E-state index in [1.54, 1.807) is 4.68 Å². The molecule has 0 bridgehead atoms. The van der Waals surface area contributed by atoms with Crippen molar-refractivity contribution in [2.45, 2.75) is 58.4 Å². The number of carbonyl (C=O) groups excluding carboxylic acids is 1. The zero-order valence-electron chi connectivity index (χ0n) is 13.6. The van der Waals surface area contributed by atoms with Crippen LogP contribution in [0.1, 0.15) is 50.8 Å². The van der Waals surface area contributed by atoms with Crippen molar-refractivity contribution in [3.8, 4) is 0 Å². The average molecular weight is 312 g/mol. The van der Waals surface area contributed by atoms with E-state index in [4.69, 9.17) is 11.6 Å². The van der Waals surface area contributed by atoms with E-state index in [9.17, 15) is 4.79 Å². The van der Waals surface area contributed by atoms with E-state index >= 15 is 0 Å². The van der Waals surface area contributed by atoms with Crippen LogP contribution in [0.2, 0.25) is 5.15 Å². The van der Waals surface area contributed by atoms with Gasteiger partial charge in [0, 0.05) is 19.0 Å². The van der Waals surface area contributed by atoms with Crippen molar-refractivity contribution in [1.29, 1.82) is 0 Å². The molecule has 0 unspecified atom stereocenters. The van der Waals surface area contributed by atoms with Crippen LogP contribution in [0.4, 0.5) is 0 Å². The molecule has 4 nitrogen and oxygen atoms in total. The van der Waals surface area contributed by atoms with Gasteiger partial charge in [-0.1, -0.05) is 25.4 Å². The highest BCUT2D eigenvalue weighted by atomic mass is 35.5. The maximum Gasteiger partial charge on any atom is 0.157 e. The lowest BCUT2D eigenvalue weighted by molar-refractivity contribution is -0.130. The Morgan fingerprint density at radius 2 is 1.86 bits per heavy atom. The molecule has 2 heterocycles. The number of aryl methyl sites for hydroxylation is 2. The van der Waals surface area contributed by atoms with Gasteiger partial charge in [-0.15, -0.1) is 0 Å². The second-order valence-corrected chi connectivity index (χ2v) is 6.37. The number of hydrogen-bond donors (Lipinski definition) is 0. The van der Waals surface area contributed by atoms with Gasteiger partial charge in [0.2, 0.25) is 0 Å². The molecule has 0 radical (unpaired) electrons. The molecule has 0 atom stereocenters. The molecule has 1 aliphatic rings. The normalized spacial score (nSPS) is 16.6. The second kappa shape index (κ2) is 6.49. The van der Waals surface area contributed by atoms with Gasteiger partial charge in [0.05, 0.1) is 11.2 Å². The number of aromatic nitrogens is 2. The molecule has 0 aliphatic carbocycles. The van der Waals surface area contributed by atoms with Crippen molar-refractivity contribution in [2.24, 2.45) is 7.05 Å². The van der Waals surface area contributed by atoms with Gasteiger partial charge in [-0.05, 0) is 45.7 Å². The molecule has 1 fully saturated rings. The molecule has 118 valence electrons. The molecule has 0 amide bonds. The van der Waals surface area contributed by atoms with Crippen LogP contribution in [0, 0.1) is 6.92 Å². The van der Waals surface area contributed by atoms with Crippen molar-refractivity contribution in [3.05, 3.63) is 16.4 Å². The SMILES string of the molecule is CCC(CC)(C(=O)Cc1c(C)nn(C)c1Cl)N1CCCC1. The molecule has 1 aliphatic heterocycles. The summed E-state index contributed by atoms with van der Waals surface area (Å²) in [6.45, 7) is 8.24. The van der Waals surface area contributed by atoms with Crippen molar-refractivity contribution in [1.82, 2.24) is 14.7 Å². The van der Waals surface area contributed by atoms with Gasteiger partial charge in [0.15, 0.2) is 5.78 Å². The smallest absolute Gasteiger partial charge is 0.157 e. The zero-order chi connectivity index (χ0) is 15.6. The van der Waals surface area contributed by atoms with Crippen LogP contribution in [0.3, 0.4) is 0 Å². The molecular formula is C16H26ClN3O. The topological polar surface area (TPSA) is 38.1 Å². The summed E-state index contributed by atoms with van der Waals surface area (Å²) in [5, 5.41) is 4.90. The number of Topliss-reactive ketones (excluding diaryl/α,β-unsaturated/α-hetero) is 1. The maximum absolute atomic E-state index is 13.1. The highest BCUT2D eigenvalue weighted by Crippen LogP contribution is 2.31. The average Bonchev–Trinajstić information content (AvgIpc) is 3.07. The summed E-state index contributed by atoms with van der Waals surface area (Å²) in [6.07, 6.45) is 4.50. The quantitative estimate of drug-likeness (QED) is 0.810. The van der Waals surface area contributed by atoms with E-state index < -0.39 is 0 Å². The van der Waals surface area contributed by atoms with Crippen LogP contribution in [0.5, 0.6) is 0 Å². The van der Waals surface area contributed by atoms with Crippen molar-refractivity contribution in [2.75, 3.05) is 13.1 Å². The lowest BCUT2D eigenvalue weighted by Gasteiger charge is -2.39. The summed E-state index contributed by atoms with van der Waals surface area (Å²) in [5.74, 6) is 0.285. The van der Waals surface area contributed by atoms with Crippen LogP contribution in [0.15, 0.2) is 0 Å². The predicted octanol–water partition coefficient (Wildman–Crippen LogP) is 3.15. The lowest BCUT2D eigenvalue weighted by Crippen LogP contribution is -2.53. The van der Waals surface area contributed by atoms with Crippen LogP contribution in [0.25, 0.3) is 0 Å². The Kier molecular flexibility index (Phi) is 5.10. The zero-order valence-corrected chi connectivity index (χ0v) is 14.3. The first kappa shape index (κ1) is 16.5.